The molecule has 0 atom stereocenters. The Balaban J connectivity index is 0. The Morgan fingerprint density at radius 1 is 0.796 bits per heavy atom. The first-order valence-corrected chi connectivity index (χ1v) is 16.7. The van der Waals surface area contributed by atoms with Crippen molar-refractivity contribution in [3.8, 4) is 0 Å². The molecule has 3 aromatic rings. The van der Waals surface area contributed by atoms with Crippen molar-refractivity contribution < 1.29 is 138 Å². The van der Waals surface area contributed by atoms with Crippen LogP contribution in [0.15, 0.2) is 45.7 Å². The Morgan fingerprint density at radius 3 is 1.55 bits per heavy atom. The summed E-state index contributed by atoms with van der Waals surface area (Å²) >= 11 is 23.9. The fourth-order valence-corrected chi connectivity index (χ4v) is 5.45. The average molecular weight is 929 g/mol. The number of carbonyl (C=O) groups excluding carboxylic acids is 1. The molecule has 21 heteroatoms. The first-order chi connectivity index (χ1) is 22.7. The quantitative estimate of drug-likeness (QED) is 0.101. The van der Waals surface area contributed by atoms with Crippen molar-refractivity contribution in [2.45, 2.75) is 0 Å². The summed E-state index contributed by atoms with van der Waals surface area (Å²) in [7, 11) is 0. The van der Waals surface area contributed by atoms with E-state index in [0.717, 1.165) is 95.0 Å². The monoisotopic (exact) mass is 925 g/mol. The Morgan fingerprint density at radius 2 is 1.20 bits per heavy atom. The van der Waals surface area contributed by atoms with Crippen LogP contribution in [0.25, 0.3) is 0 Å². The molecule has 262 valence electrons. The second kappa shape index (κ2) is 30.5. The van der Waals surface area contributed by atoms with Gasteiger partial charge in [0.25, 0.3) is 6.47 Å². The molecule has 0 unspecified atom stereocenters. The van der Waals surface area contributed by atoms with Gasteiger partial charge in [0, 0.05) is 60.6 Å². The van der Waals surface area contributed by atoms with Crippen LogP contribution in [0.5, 0.6) is 0 Å². The molecule has 13 nitrogen and oxygen atoms in total. The van der Waals surface area contributed by atoms with Gasteiger partial charge in [-0.05, 0) is 50.1 Å². The van der Waals surface area contributed by atoms with Gasteiger partial charge in [0.2, 0.25) is 5.95 Å². The Kier molecular flexibility index (Phi) is 31.2. The van der Waals surface area contributed by atoms with Crippen molar-refractivity contribution in [2.75, 3.05) is 94.4 Å². The predicted molar refractivity (Wildman–Crippen MR) is 186 cm³/mol. The molecule has 0 bridgehead atoms. The van der Waals surface area contributed by atoms with Gasteiger partial charge in [0.1, 0.15) is 11.6 Å². The molecule has 0 saturated carbocycles. The maximum atomic E-state index is 12.2. The molecule has 0 aliphatic carbocycles. The number of halogens is 6. The van der Waals surface area contributed by atoms with Crippen molar-refractivity contribution in [3.05, 3.63) is 66.8 Å². The first-order valence-electron chi connectivity index (χ1n) is 14.0. The predicted octanol–water partition coefficient (Wildman–Crippen LogP) is -1.71. The second-order valence-electron chi connectivity index (χ2n) is 9.21. The molecular weight excluding hydrogens is 894 g/mol. The molecule has 3 aromatic heterocycles. The number of nitrogens with two attached hydrogens (primary N) is 1. The molecule has 3 aliphatic heterocycles. The van der Waals surface area contributed by atoms with Gasteiger partial charge in [0.05, 0.1) is 66.6 Å². The van der Waals surface area contributed by atoms with E-state index >= 15 is 0 Å². The summed E-state index contributed by atoms with van der Waals surface area (Å²) in [6.45, 7) is 9.96. The molecular formula is C28H35Br2Cl3FK2N7O6. The topological polar surface area (TPSA) is 160 Å². The van der Waals surface area contributed by atoms with E-state index in [1.165, 1.54) is 12.3 Å². The SMILES string of the molecule is C1COCCN1.Clc1cc(Br)cnc1N1CCOCC1.Fc1ncc(Br)cc1Cl.Nc1cnc(N2CCOCC2)c(Cl)c1.O=CO[O-].[H-].[K+].[K+]. The van der Waals surface area contributed by atoms with Crippen molar-refractivity contribution in [1.29, 1.82) is 0 Å². The van der Waals surface area contributed by atoms with Crippen LogP contribution in [0.1, 0.15) is 1.43 Å². The first kappa shape index (κ1) is 50.2. The van der Waals surface area contributed by atoms with Gasteiger partial charge < -0.3 is 46.6 Å². The summed E-state index contributed by atoms with van der Waals surface area (Å²) in [5.41, 5.74) is 6.16. The second-order valence-corrected chi connectivity index (χ2v) is 12.3. The fourth-order valence-electron chi connectivity index (χ4n) is 3.78. The van der Waals surface area contributed by atoms with Gasteiger partial charge in [-0.2, -0.15) is 4.39 Å². The number of nitrogens with one attached hydrogen (secondary N) is 1. The summed E-state index contributed by atoms with van der Waals surface area (Å²) < 4.78 is 29.3. The van der Waals surface area contributed by atoms with Crippen LogP contribution >= 0.6 is 66.7 Å². The van der Waals surface area contributed by atoms with E-state index in [9.17, 15) is 4.39 Å². The largest absolute Gasteiger partial charge is 1.00 e. The number of hydrogen-bond acceptors (Lipinski definition) is 13. The van der Waals surface area contributed by atoms with E-state index in [1.807, 2.05) is 6.07 Å². The molecule has 0 radical (unpaired) electrons. The van der Waals surface area contributed by atoms with Crippen LogP contribution in [-0.2, 0) is 23.9 Å². The third-order valence-corrected chi connectivity index (χ3v) is 7.59. The average Bonchev–Trinajstić information content (AvgIpc) is 3.09. The van der Waals surface area contributed by atoms with Gasteiger partial charge in [-0.15, -0.1) is 0 Å². The molecule has 3 N–H and O–H groups in total. The van der Waals surface area contributed by atoms with Gasteiger partial charge in [-0.1, -0.05) is 34.8 Å². The maximum absolute atomic E-state index is 12.2. The van der Waals surface area contributed by atoms with E-state index < -0.39 is 5.95 Å². The molecule has 49 heavy (non-hydrogen) atoms. The van der Waals surface area contributed by atoms with Crippen LogP contribution in [-0.4, -0.2) is 100 Å². The van der Waals surface area contributed by atoms with E-state index in [0.29, 0.717) is 20.2 Å². The molecule has 0 amide bonds. The zero-order chi connectivity index (χ0) is 34.4. The van der Waals surface area contributed by atoms with Crippen molar-refractivity contribution in [1.82, 2.24) is 20.3 Å². The molecule has 3 fully saturated rings. The Labute approximate surface area is 403 Å². The number of nitrogen functional groups attached to an aromatic ring is 1. The van der Waals surface area contributed by atoms with E-state index in [2.05, 4.69) is 66.8 Å². The van der Waals surface area contributed by atoms with E-state index in [-0.39, 0.29) is 116 Å². The van der Waals surface area contributed by atoms with Crippen LogP contribution in [0.3, 0.4) is 0 Å². The number of aromatic nitrogens is 3. The molecule has 0 aromatic carbocycles. The minimum absolute atomic E-state index is 0. The van der Waals surface area contributed by atoms with Gasteiger partial charge >= 0.3 is 103 Å². The zero-order valence-electron chi connectivity index (χ0n) is 28.1. The third-order valence-electron chi connectivity index (χ3n) is 5.90. The Bertz CT molecular complexity index is 1290. The smallest absolute Gasteiger partial charge is 1.00 e. The molecule has 3 aliphatic rings. The molecule has 6 rings (SSSR count). The summed E-state index contributed by atoms with van der Waals surface area (Å²) in [6.07, 6.45) is 4.73. The number of carbonyl (C=O) groups is 1. The van der Waals surface area contributed by atoms with Gasteiger partial charge in [-0.3, -0.25) is 4.79 Å². The summed E-state index contributed by atoms with van der Waals surface area (Å²) in [5.74, 6) is 1.00. The summed E-state index contributed by atoms with van der Waals surface area (Å²) in [4.78, 5) is 27.3. The molecule has 6 heterocycles. The number of rotatable bonds is 3. The van der Waals surface area contributed by atoms with Crippen molar-refractivity contribution in [2.24, 2.45) is 0 Å². The number of anilines is 3. The number of nitrogens with zero attached hydrogens (tertiary/aromatic N) is 5. The zero-order valence-corrected chi connectivity index (χ0v) is 38.7. The van der Waals surface area contributed by atoms with Crippen LogP contribution < -0.4 is 129 Å². The van der Waals surface area contributed by atoms with Gasteiger partial charge in [0.15, 0.2) is 0 Å². The molecule has 3 saturated heterocycles. The normalized spacial score (nSPS) is 14.9. The van der Waals surface area contributed by atoms with Crippen LogP contribution in [0, 0.1) is 5.95 Å². The van der Waals surface area contributed by atoms with Crippen molar-refractivity contribution >= 4 is 90.5 Å². The van der Waals surface area contributed by atoms with E-state index in [4.69, 9.17) is 64.8 Å². The number of ether oxygens (including phenoxy) is 3. The number of pyridine rings is 3. The minimum Gasteiger partial charge on any atom is -1.00 e. The molecule has 0 spiro atoms. The standard InChI is InChI=1S/C9H10BrClN2O.C9H12ClN3O.C5H2BrClFN.C4H9NO.CH2O3.2K.H/c10-7-5-8(11)9(12-6-7)13-1-3-14-4-2-13;10-8-5-7(11)6-12-9(8)13-1-3-14-4-2-13;6-3-1-4(7)5(8)9-2-3;1-3-6-4-2-5-1;2-1-4-3;;;/h5-6H,1-4H2;5-6H,1-4,11H2;1-2H;5H,1-4H2;1,3H;;;/q;;;;;2*+1;-1/p-1. The van der Waals surface area contributed by atoms with Crippen molar-refractivity contribution in [3.63, 3.8) is 0 Å². The summed E-state index contributed by atoms with van der Waals surface area (Å²) in [5, 5.41) is 12.9. The number of hydrogen-bond donors (Lipinski definition) is 2. The van der Waals surface area contributed by atoms with E-state index in [1.54, 1.807) is 18.5 Å². The fraction of sp³-hybridized carbons (Fsp3) is 0.429. The number of morpholine rings is 3. The van der Waals surface area contributed by atoms with Crippen LogP contribution in [0.2, 0.25) is 15.1 Å². The minimum atomic E-state index is -0.639. The summed E-state index contributed by atoms with van der Waals surface area (Å²) in [6, 6.07) is 5.03. The Hall–Kier alpha value is 1.15. The third kappa shape index (κ3) is 21.6. The maximum Gasteiger partial charge on any atom is 1.00 e. The van der Waals surface area contributed by atoms with Crippen LogP contribution in [0.4, 0.5) is 21.7 Å². The van der Waals surface area contributed by atoms with Gasteiger partial charge in [-0.25, -0.2) is 15.0 Å².